The van der Waals surface area contributed by atoms with E-state index in [0.717, 1.165) is 5.03 Å². The summed E-state index contributed by atoms with van der Waals surface area (Å²) in [5.74, 6) is -0.0527. The Morgan fingerprint density at radius 3 is 2.73 bits per heavy atom. The fourth-order valence-corrected chi connectivity index (χ4v) is 2.12. The molecule has 8 heteroatoms. The van der Waals surface area contributed by atoms with E-state index < -0.39 is 4.92 Å². The molecule has 0 aliphatic heterocycles. The monoisotopic (exact) mass is 316 g/mol. The highest BCUT2D eigenvalue weighted by Gasteiger charge is 2.03. The lowest BCUT2D eigenvalue weighted by molar-refractivity contribution is -0.384. The summed E-state index contributed by atoms with van der Waals surface area (Å²) < 4.78 is 0. The SMILES string of the molecule is O=C(CSc1ccccn1)N/N=C\c1ccc([N+](=O)[O-])cc1. The van der Waals surface area contributed by atoms with Crippen LogP contribution in [0.15, 0.2) is 58.8 Å². The number of hydrazone groups is 1. The smallest absolute Gasteiger partial charge is 0.269 e. The van der Waals surface area contributed by atoms with Gasteiger partial charge in [0.2, 0.25) is 5.91 Å². The summed E-state index contributed by atoms with van der Waals surface area (Å²) in [7, 11) is 0. The quantitative estimate of drug-likeness (QED) is 0.381. The Kier molecular flexibility index (Phi) is 5.61. The molecular weight excluding hydrogens is 304 g/mol. The van der Waals surface area contributed by atoms with Gasteiger partial charge in [0.05, 0.1) is 21.9 Å². The second kappa shape index (κ2) is 7.89. The Balaban J connectivity index is 1.79. The van der Waals surface area contributed by atoms with Crippen LogP contribution in [-0.2, 0) is 4.79 Å². The van der Waals surface area contributed by atoms with Crippen molar-refractivity contribution in [3.8, 4) is 0 Å². The van der Waals surface area contributed by atoms with Crippen LogP contribution < -0.4 is 5.43 Å². The zero-order valence-corrected chi connectivity index (χ0v) is 12.2. The Labute approximate surface area is 130 Å². The number of carbonyl (C=O) groups excluding carboxylic acids is 1. The molecule has 0 aliphatic carbocycles. The molecule has 0 radical (unpaired) electrons. The molecule has 0 saturated heterocycles. The minimum atomic E-state index is -0.475. The fourth-order valence-electron chi connectivity index (χ4n) is 1.47. The third-order valence-corrected chi connectivity index (χ3v) is 3.44. The largest absolute Gasteiger partial charge is 0.272 e. The van der Waals surface area contributed by atoms with E-state index in [2.05, 4.69) is 15.5 Å². The Bertz CT molecular complexity index is 674. The standard InChI is InChI=1S/C14H12N4O3S/c19-13(10-22-14-3-1-2-8-15-14)17-16-9-11-4-6-12(7-5-11)18(20)21/h1-9H,10H2,(H,17,19)/b16-9-. The van der Waals surface area contributed by atoms with Crippen LogP contribution in [0.3, 0.4) is 0 Å². The minimum Gasteiger partial charge on any atom is -0.272 e. The van der Waals surface area contributed by atoms with Crippen molar-refractivity contribution in [3.05, 3.63) is 64.3 Å². The highest BCUT2D eigenvalue weighted by Crippen LogP contribution is 2.13. The van der Waals surface area contributed by atoms with E-state index >= 15 is 0 Å². The molecule has 0 unspecified atom stereocenters. The number of aromatic nitrogens is 1. The molecule has 112 valence electrons. The van der Waals surface area contributed by atoms with Crippen LogP contribution >= 0.6 is 11.8 Å². The van der Waals surface area contributed by atoms with Gasteiger partial charge in [-0.2, -0.15) is 5.10 Å². The lowest BCUT2D eigenvalue weighted by Crippen LogP contribution is -2.19. The number of hydrogen-bond donors (Lipinski definition) is 1. The number of pyridine rings is 1. The van der Waals surface area contributed by atoms with E-state index in [1.165, 1.54) is 30.1 Å². The minimum absolute atomic E-state index is 0.00736. The van der Waals surface area contributed by atoms with Crippen molar-refractivity contribution >= 4 is 29.6 Å². The predicted octanol–water partition coefficient (Wildman–Crippen LogP) is 2.23. The highest BCUT2D eigenvalue weighted by atomic mass is 32.2. The zero-order valence-electron chi connectivity index (χ0n) is 11.4. The maximum absolute atomic E-state index is 11.6. The molecule has 0 fully saturated rings. The first-order valence-electron chi connectivity index (χ1n) is 6.25. The topological polar surface area (TPSA) is 97.5 Å². The van der Waals surface area contributed by atoms with Crippen molar-refractivity contribution in [2.45, 2.75) is 5.03 Å². The molecule has 2 rings (SSSR count). The molecule has 0 bridgehead atoms. The third kappa shape index (κ3) is 4.98. The molecule has 1 heterocycles. The Hall–Kier alpha value is -2.74. The van der Waals surface area contributed by atoms with E-state index in [1.54, 1.807) is 24.4 Å². The highest BCUT2D eigenvalue weighted by molar-refractivity contribution is 7.99. The number of rotatable bonds is 6. The maximum Gasteiger partial charge on any atom is 0.269 e. The summed E-state index contributed by atoms with van der Waals surface area (Å²) in [6.45, 7) is 0. The normalized spacial score (nSPS) is 10.5. The summed E-state index contributed by atoms with van der Waals surface area (Å²) in [4.78, 5) is 25.7. The van der Waals surface area contributed by atoms with Crippen LogP contribution in [0.5, 0.6) is 0 Å². The number of non-ortho nitro benzene ring substituents is 1. The molecule has 0 atom stereocenters. The van der Waals surface area contributed by atoms with Gasteiger partial charge in [0.25, 0.3) is 5.69 Å². The molecule has 1 aromatic heterocycles. The first-order chi connectivity index (χ1) is 10.6. The Morgan fingerprint density at radius 2 is 2.09 bits per heavy atom. The number of thioether (sulfide) groups is 1. The number of nitro groups is 1. The van der Waals surface area contributed by atoms with Crippen molar-refractivity contribution < 1.29 is 9.72 Å². The molecule has 22 heavy (non-hydrogen) atoms. The van der Waals surface area contributed by atoms with Gasteiger partial charge < -0.3 is 0 Å². The van der Waals surface area contributed by atoms with Crippen LogP contribution in [0.1, 0.15) is 5.56 Å². The molecule has 7 nitrogen and oxygen atoms in total. The molecule has 0 aliphatic rings. The van der Waals surface area contributed by atoms with E-state index in [-0.39, 0.29) is 17.3 Å². The molecule has 1 amide bonds. The van der Waals surface area contributed by atoms with Gasteiger partial charge >= 0.3 is 0 Å². The van der Waals surface area contributed by atoms with Crippen LogP contribution in [0.2, 0.25) is 0 Å². The number of carbonyl (C=O) groups is 1. The van der Waals surface area contributed by atoms with Gasteiger partial charge in [-0.3, -0.25) is 14.9 Å². The van der Waals surface area contributed by atoms with Gasteiger partial charge in [0.1, 0.15) is 0 Å². The molecule has 0 saturated carbocycles. The molecule has 1 N–H and O–H groups in total. The summed E-state index contributed by atoms with van der Waals surface area (Å²) >= 11 is 1.31. The van der Waals surface area contributed by atoms with Crippen molar-refractivity contribution in [2.75, 3.05) is 5.75 Å². The van der Waals surface area contributed by atoms with Crippen LogP contribution in [0.4, 0.5) is 5.69 Å². The van der Waals surface area contributed by atoms with Crippen molar-refractivity contribution in [1.82, 2.24) is 10.4 Å². The average molecular weight is 316 g/mol. The van der Waals surface area contributed by atoms with Gasteiger partial charge in [-0.1, -0.05) is 17.8 Å². The fraction of sp³-hybridized carbons (Fsp3) is 0.0714. The Morgan fingerprint density at radius 1 is 1.32 bits per heavy atom. The van der Waals surface area contributed by atoms with Gasteiger partial charge in [0, 0.05) is 18.3 Å². The van der Waals surface area contributed by atoms with Crippen LogP contribution in [0, 0.1) is 10.1 Å². The average Bonchev–Trinajstić information content (AvgIpc) is 2.54. The maximum atomic E-state index is 11.6. The van der Waals surface area contributed by atoms with Crippen molar-refractivity contribution in [2.24, 2.45) is 5.10 Å². The van der Waals surface area contributed by atoms with Crippen molar-refractivity contribution in [1.29, 1.82) is 0 Å². The lowest BCUT2D eigenvalue weighted by atomic mass is 10.2. The van der Waals surface area contributed by atoms with Gasteiger partial charge in [-0.25, -0.2) is 10.4 Å². The third-order valence-electron chi connectivity index (χ3n) is 2.50. The summed E-state index contributed by atoms with van der Waals surface area (Å²) in [5.41, 5.74) is 3.05. The van der Waals surface area contributed by atoms with E-state index in [4.69, 9.17) is 0 Å². The summed E-state index contributed by atoms with van der Waals surface area (Å²) in [5, 5.41) is 15.1. The number of amides is 1. The second-order valence-electron chi connectivity index (χ2n) is 4.10. The van der Waals surface area contributed by atoms with Crippen LogP contribution in [0.25, 0.3) is 0 Å². The van der Waals surface area contributed by atoms with E-state index in [9.17, 15) is 14.9 Å². The van der Waals surface area contributed by atoms with Gasteiger partial charge in [0.15, 0.2) is 0 Å². The molecule has 0 spiro atoms. The number of benzene rings is 1. The second-order valence-corrected chi connectivity index (χ2v) is 5.09. The molecule has 1 aromatic carbocycles. The first-order valence-corrected chi connectivity index (χ1v) is 7.24. The van der Waals surface area contributed by atoms with Gasteiger partial charge in [-0.05, 0) is 29.8 Å². The summed E-state index contributed by atoms with van der Waals surface area (Å²) in [6.07, 6.45) is 3.08. The molecule has 2 aromatic rings. The van der Waals surface area contributed by atoms with Crippen molar-refractivity contribution in [3.63, 3.8) is 0 Å². The predicted molar refractivity (Wildman–Crippen MR) is 83.8 cm³/mol. The lowest BCUT2D eigenvalue weighted by Gasteiger charge is -1.99. The van der Waals surface area contributed by atoms with E-state index in [0.29, 0.717) is 5.56 Å². The number of nitro benzene ring substituents is 1. The van der Waals surface area contributed by atoms with Crippen LogP contribution in [-0.4, -0.2) is 27.8 Å². The van der Waals surface area contributed by atoms with E-state index in [1.807, 2.05) is 12.1 Å². The van der Waals surface area contributed by atoms with Gasteiger partial charge in [-0.15, -0.1) is 0 Å². The number of nitrogens with zero attached hydrogens (tertiary/aromatic N) is 3. The first kappa shape index (κ1) is 15.6. The molecular formula is C14H12N4O3S. The number of nitrogens with one attached hydrogen (secondary N) is 1. The summed E-state index contributed by atoms with van der Waals surface area (Å²) in [6, 6.07) is 11.3. The number of hydrogen-bond acceptors (Lipinski definition) is 6. The zero-order chi connectivity index (χ0) is 15.8.